The fourth-order valence-electron chi connectivity index (χ4n) is 4.43. The number of halogens is 3. The van der Waals surface area contributed by atoms with Gasteiger partial charge in [0, 0.05) is 24.2 Å². The molecule has 1 unspecified atom stereocenters. The monoisotopic (exact) mass is 485 g/mol. The first-order chi connectivity index (χ1) is 16.7. The van der Waals surface area contributed by atoms with Gasteiger partial charge in [-0.3, -0.25) is 9.20 Å². The van der Waals surface area contributed by atoms with Crippen molar-refractivity contribution in [3.8, 4) is 22.8 Å². The number of nitrogens with zero attached hydrogens (tertiary/aromatic N) is 6. The molecule has 182 valence electrons. The number of Topliss-reactive ketones (excluding diaryl/α,β-unsaturated/α-hetero) is 1. The Morgan fingerprint density at radius 2 is 2.06 bits per heavy atom. The van der Waals surface area contributed by atoms with Crippen molar-refractivity contribution >= 4 is 17.2 Å². The van der Waals surface area contributed by atoms with Gasteiger partial charge in [-0.05, 0) is 45.0 Å². The third-order valence-electron chi connectivity index (χ3n) is 6.27. The number of hydrogen-bond acceptors (Lipinski definition) is 8. The molecule has 0 saturated carbocycles. The van der Waals surface area contributed by atoms with Crippen LogP contribution in [0.1, 0.15) is 41.9 Å². The van der Waals surface area contributed by atoms with E-state index in [9.17, 15) is 18.0 Å². The van der Waals surface area contributed by atoms with Gasteiger partial charge in [0.1, 0.15) is 29.0 Å². The van der Waals surface area contributed by atoms with Crippen LogP contribution in [0.3, 0.4) is 0 Å². The van der Waals surface area contributed by atoms with Gasteiger partial charge < -0.3 is 15.1 Å². The molecule has 4 aromatic heterocycles. The highest BCUT2D eigenvalue weighted by Gasteiger charge is 2.34. The summed E-state index contributed by atoms with van der Waals surface area (Å²) in [5, 5.41) is 0. The van der Waals surface area contributed by atoms with E-state index in [0.29, 0.717) is 12.5 Å². The van der Waals surface area contributed by atoms with E-state index < -0.39 is 11.9 Å². The minimum absolute atomic E-state index is 0.0299. The highest BCUT2D eigenvalue weighted by Crippen LogP contribution is 2.34. The van der Waals surface area contributed by atoms with Gasteiger partial charge >= 0.3 is 6.18 Å². The number of oxazole rings is 1. The molecule has 0 aliphatic carbocycles. The van der Waals surface area contributed by atoms with Crippen LogP contribution in [0.15, 0.2) is 41.4 Å². The molecule has 0 radical (unpaired) electrons. The fraction of sp³-hybridized carbons (Fsp3) is 0.348. The molecule has 5 rings (SSSR count). The lowest BCUT2D eigenvalue weighted by molar-refractivity contribution is -0.141. The smallest absolute Gasteiger partial charge is 0.433 e. The Hall–Kier alpha value is -3.80. The van der Waals surface area contributed by atoms with Crippen molar-refractivity contribution in [2.75, 3.05) is 19.3 Å². The van der Waals surface area contributed by atoms with Crippen LogP contribution in [-0.4, -0.2) is 54.7 Å². The first-order valence-corrected chi connectivity index (χ1v) is 11.1. The highest BCUT2D eigenvalue weighted by atomic mass is 19.4. The molecular weight excluding hydrogens is 463 g/mol. The summed E-state index contributed by atoms with van der Waals surface area (Å²) in [5.74, 6) is -0.297. The Labute approximate surface area is 197 Å². The number of nitrogen functional groups attached to an aromatic ring is 1. The van der Waals surface area contributed by atoms with Crippen LogP contribution in [0, 0.1) is 0 Å². The first kappa shape index (κ1) is 23.0. The summed E-state index contributed by atoms with van der Waals surface area (Å²) in [6.07, 6.45) is 3.12. The maximum atomic E-state index is 13.5. The number of rotatable bonds is 6. The number of aromatic nitrogens is 5. The van der Waals surface area contributed by atoms with Crippen molar-refractivity contribution < 1.29 is 22.4 Å². The molecule has 0 bridgehead atoms. The van der Waals surface area contributed by atoms with E-state index in [1.807, 2.05) is 7.05 Å². The van der Waals surface area contributed by atoms with E-state index in [1.165, 1.54) is 24.7 Å². The van der Waals surface area contributed by atoms with Crippen molar-refractivity contribution in [2.45, 2.75) is 37.9 Å². The minimum atomic E-state index is -4.61. The van der Waals surface area contributed by atoms with Crippen LogP contribution in [0.25, 0.3) is 28.5 Å². The van der Waals surface area contributed by atoms with Gasteiger partial charge in [0.05, 0.1) is 12.4 Å². The maximum absolute atomic E-state index is 13.5. The molecule has 0 aromatic carbocycles. The van der Waals surface area contributed by atoms with Gasteiger partial charge in [-0.15, -0.1) is 0 Å². The SMILES string of the molecule is CN1CCCC1CCC(=O)c1nc(-c2ccc3ncc(C(F)(F)F)n3c2)c(-c2ncco2)nc1N. The number of alkyl halides is 3. The van der Waals surface area contributed by atoms with E-state index in [2.05, 4.69) is 24.8 Å². The molecule has 0 amide bonds. The minimum Gasteiger partial charge on any atom is -0.443 e. The molecule has 1 aliphatic rings. The van der Waals surface area contributed by atoms with Gasteiger partial charge in [0.15, 0.2) is 17.3 Å². The average molecular weight is 485 g/mol. The van der Waals surface area contributed by atoms with Crippen LogP contribution in [0.4, 0.5) is 19.0 Å². The number of nitrogens with two attached hydrogens (primary N) is 1. The lowest BCUT2D eigenvalue weighted by Gasteiger charge is -2.18. The van der Waals surface area contributed by atoms with Crippen molar-refractivity contribution in [3.05, 3.63) is 48.4 Å². The number of imidazole rings is 1. The molecule has 1 aliphatic heterocycles. The number of pyridine rings is 1. The van der Waals surface area contributed by atoms with Crippen molar-refractivity contribution in [1.82, 2.24) is 29.2 Å². The zero-order valence-corrected chi connectivity index (χ0v) is 18.8. The second kappa shape index (κ2) is 8.77. The fourth-order valence-corrected chi connectivity index (χ4v) is 4.43. The highest BCUT2D eigenvalue weighted by molar-refractivity contribution is 5.99. The summed E-state index contributed by atoms with van der Waals surface area (Å²) < 4.78 is 46.7. The van der Waals surface area contributed by atoms with Crippen LogP contribution < -0.4 is 5.73 Å². The Morgan fingerprint density at radius 1 is 1.23 bits per heavy atom. The second-order valence-corrected chi connectivity index (χ2v) is 8.52. The summed E-state index contributed by atoms with van der Waals surface area (Å²) in [4.78, 5) is 32.0. The Kier molecular flexibility index (Phi) is 5.75. The van der Waals surface area contributed by atoms with E-state index >= 15 is 0 Å². The average Bonchev–Trinajstić information content (AvgIpc) is 3.57. The van der Waals surface area contributed by atoms with Gasteiger partial charge in [-0.25, -0.2) is 19.9 Å². The van der Waals surface area contributed by atoms with Crippen LogP contribution >= 0.6 is 0 Å². The molecule has 1 atom stereocenters. The number of anilines is 1. The second-order valence-electron chi connectivity index (χ2n) is 8.52. The molecule has 9 nitrogen and oxygen atoms in total. The van der Waals surface area contributed by atoms with Crippen LogP contribution in [0.5, 0.6) is 0 Å². The number of hydrogen-bond donors (Lipinski definition) is 1. The predicted octanol–water partition coefficient (Wildman–Crippen LogP) is 4.10. The molecule has 5 heterocycles. The maximum Gasteiger partial charge on any atom is 0.433 e. The third kappa shape index (κ3) is 4.36. The predicted molar refractivity (Wildman–Crippen MR) is 120 cm³/mol. The van der Waals surface area contributed by atoms with Gasteiger partial charge in [-0.1, -0.05) is 0 Å². The molecule has 35 heavy (non-hydrogen) atoms. The van der Waals surface area contributed by atoms with Crippen molar-refractivity contribution in [3.63, 3.8) is 0 Å². The molecule has 12 heteroatoms. The third-order valence-corrected chi connectivity index (χ3v) is 6.27. The molecular formula is C23H22F3N7O2. The number of fused-ring (bicyclic) bond motifs is 1. The van der Waals surface area contributed by atoms with Crippen molar-refractivity contribution in [1.29, 1.82) is 0 Å². The first-order valence-electron chi connectivity index (χ1n) is 11.1. The molecule has 0 spiro atoms. The van der Waals surface area contributed by atoms with E-state index in [1.54, 1.807) is 6.07 Å². The summed E-state index contributed by atoms with van der Waals surface area (Å²) in [5.41, 5.74) is 5.77. The summed E-state index contributed by atoms with van der Waals surface area (Å²) >= 11 is 0. The van der Waals surface area contributed by atoms with Gasteiger partial charge in [0.25, 0.3) is 0 Å². The van der Waals surface area contributed by atoms with Gasteiger partial charge in [0.2, 0.25) is 5.89 Å². The number of ketones is 1. The van der Waals surface area contributed by atoms with Crippen LogP contribution in [0.2, 0.25) is 0 Å². The molecule has 4 aromatic rings. The summed E-state index contributed by atoms with van der Waals surface area (Å²) in [6, 6.07) is 3.29. The summed E-state index contributed by atoms with van der Waals surface area (Å²) in [6.45, 7) is 0.992. The zero-order chi connectivity index (χ0) is 24.7. The topological polar surface area (TPSA) is 115 Å². The van der Waals surface area contributed by atoms with Gasteiger partial charge in [-0.2, -0.15) is 13.2 Å². The van der Waals surface area contributed by atoms with Crippen molar-refractivity contribution in [2.24, 2.45) is 0 Å². The standard InChI is InChI=1S/C23H22F3N7O2/c1-32-9-2-3-14(32)5-6-15(34)19-21(27)31-20(22-28-8-10-35-22)18(30-19)13-4-7-17-29-11-16(23(24,25)26)33(17)12-13/h4,7-8,10-12,14H,2-3,5-6,9H2,1H3,(H2,27,31). The molecule has 1 saturated heterocycles. The Bertz CT molecular complexity index is 1380. The van der Waals surface area contributed by atoms with E-state index in [-0.39, 0.29) is 52.2 Å². The largest absolute Gasteiger partial charge is 0.443 e. The van der Waals surface area contributed by atoms with Crippen LogP contribution in [-0.2, 0) is 6.18 Å². The number of carbonyl (C=O) groups is 1. The lowest BCUT2D eigenvalue weighted by atomic mass is 10.0. The lowest BCUT2D eigenvalue weighted by Crippen LogP contribution is -2.25. The number of carbonyl (C=O) groups excluding carboxylic acids is 1. The Balaban J connectivity index is 1.58. The molecule has 1 fully saturated rings. The molecule has 2 N–H and O–H groups in total. The zero-order valence-electron chi connectivity index (χ0n) is 18.8. The Morgan fingerprint density at radius 3 is 2.74 bits per heavy atom. The normalized spacial score (nSPS) is 16.9. The quantitative estimate of drug-likeness (QED) is 0.406. The van der Waals surface area contributed by atoms with E-state index in [4.69, 9.17) is 10.2 Å². The van der Waals surface area contributed by atoms with E-state index in [0.717, 1.165) is 30.0 Å². The number of likely N-dealkylation sites (tertiary alicyclic amines) is 1. The summed E-state index contributed by atoms with van der Waals surface area (Å²) in [7, 11) is 2.03.